The molecule has 0 saturated carbocycles. The molecule has 0 unspecified atom stereocenters. The predicted octanol–water partition coefficient (Wildman–Crippen LogP) is 6.35. The summed E-state index contributed by atoms with van der Waals surface area (Å²) in [6.07, 6.45) is 6.25. The van der Waals surface area contributed by atoms with Crippen molar-refractivity contribution < 1.29 is 0 Å². The fourth-order valence-corrected chi connectivity index (χ4v) is 3.67. The highest BCUT2D eigenvalue weighted by atomic mass is 14.4. The summed E-state index contributed by atoms with van der Waals surface area (Å²) in [5, 5.41) is 0. The standard InChI is InChI=1S/C21H30/c1-15(2)20-14-21(16(3)4,17(5)6)13-12-19(20)18-10-8-7-9-11-18/h7-12,14-17H,13H2,1-6H3. The highest BCUT2D eigenvalue weighted by Gasteiger charge is 2.37. The van der Waals surface area contributed by atoms with Crippen molar-refractivity contribution in [3.8, 4) is 0 Å². The molecule has 0 saturated heterocycles. The molecular weight excluding hydrogens is 252 g/mol. The minimum absolute atomic E-state index is 0.303. The molecule has 0 N–H and O–H groups in total. The minimum Gasteiger partial charge on any atom is -0.0755 e. The van der Waals surface area contributed by atoms with Crippen LogP contribution < -0.4 is 0 Å². The fourth-order valence-electron chi connectivity index (χ4n) is 3.67. The van der Waals surface area contributed by atoms with Crippen LogP contribution in [-0.4, -0.2) is 0 Å². The summed E-state index contributed by atoms with van der Waals surface area (Å²) < 4.78 is 0. The van der Waals surface area contributed by atoms with E-state index in [1.807, 2.05) is 0 Å². The molecular formula is C21H30. The Bertz CT molecular complexity index is 518. The van der Waals surface area contributed by atoms with Crippen LogP contribution in [0.5, 0.6) is 0 Å². The molecule has 2 rings (SSSR count). The van der Waals surface area contributed by atoms with Crippen molar-refractivity contribution in [1.29, 1.82) is 0 Å². The summed E-state index contributed by atoms with van der Waals surface area (Å²) in [4.78, 5) is 0. The van der Waals surface area contributed by atoms with E-state index in [4.69, 9.17) is 0 Å². The van der Waals surface area contributed by atoms with E-state index in [1.165, 1.54) is 16.7 Å². The summed E-state index contributed by atoms with van der Waals surface area (Å²) in [5.74, 6) is 1.90. The molecule has 0 amide bonds. The van der Waals surface area contributed by atoms with E-state index in [2.05, 4.69) is 84.0 Å². The van der Waals surface area contributed by atoms with Gasteiger partial charge in [-0.2, -0.15) is 0 Å². The van der Waals surface area contributed by atoms with E-state index in [9.17, 15) is 0 Å². The van der Waals surface area contributed by atoms with Gasteiger partial charge in [0.15, 0.2) is 0 Å². The molecule has 1 aliphatic carbocycles. The first kappa shape index (κ1) is 16.1. The Labute approximate surface area is 131 Å². The summed E-state index contributed by atoms with van der Waals surface area (Å²) in [6, 6.07) is 10.8. The molecule has 1 aliphatic rings. The molecule has 0 nitrogen and oxygen atoms in total. The highest BCUT2D eigenvalue weighted by Crippen LogP contribution is 2.48. The average molecular weight is 282 g/mol. The lowest BCUT2D eigenvalue weighted by atomic mass is 9.62. The van der Waals surface area contributed by atoms with Crippen LogP contribution in [0.3, 0.4) is 0 Å². The smallest absolute Gasteiger partial charge is 0.00314 e. The zero-order valence-electron chi connectivity index (χ0n) is 14.5. The van der Waals surface area contributed by atoms with Crippen molar-refractivity contribution in [3.05, 3.63) is 53.6 Å². The maximum atomic E-state index is 2.61. The summed E-state index contributed by atoms with van der Waals surface area (Å²) >= 11 is 0. The Hall–Kier alpha value is -1.30. The number of benzene rings is 1. The van der Waals surface area contributed by atoms with Crippen LogP contribution in [0.25, 0.3) is 5.57 Å². The average Bonchev–Trinajstić information content (AvgIpc) is 2.47. The second-order valence-electron chi connectivity index (χ2n) is 7.36. The van der Waals surface area contributed by atoms with Gasteiger partial charge in [0.1, 0.15) is 0 Å². The molecule has 0 bridgehead atoms. The monoisotopic (exact) mass is 282 g/mol. The lowest BCUT2D eigenvalue weighted by molar-refractivity contribution is 0.179. The van der Waals surface area contributed by atoms with E-state index in [0.29, 0.717) is 23.2 Å². The van der Waals surface area contributed by atoms with Gasteiger partial charge in [0.25, 0.3) is 0 Å². The van der Waals surface area contributed by atoms with E-state index >= 15 is 0 Å². The molecule has 0 atom stereocenters. The Kier molecular flexibility index (Phi) is 4.76. The van der Waals surface area contributed by atoms with Crippen LogP contribution in [0.2, 0.25) is 0 Å². The quantitative estimate of drug-likeness (QED) is 0.603. The summed E-state index contributed by atoms with van der Waals surface area (Å²) in [5.41, 5.74) is 4.63. The van der Waals surface area contributed by atoms with Crippen LogP contribution in [0.4, 0.5) is 0 Å². The Morgan fingerprint density at radius 1 is 0.857 bits per heavy atom. The lowest BCUT2D eigenvalue weighted by Gasteiger charge is -2.42. The van der Waals surface area contributed by atoms with Crippen LogP contribution in [0.1, 0.15) is 53.5 Å². The largest absolute Gasteiger partial charge is 0.0755 e. The first-order valence-electron chi connectivity index (χ1n) is 8.37. The predicted molar refractivity (Wildman–Crippen MR) is 94.1 cm³/mol. The Morgan fingerprint density at radius 3 is 1.90 bits per heavy atom. The van der Waals surface area contributed by atoms with Gasteiger partial charge in [0.05, 0.1) is 0 Å². The lowest BCUT2D eigenvalue weighted by Crippen LogP contribution is -2.33. The Morgan fingerprint density at radius 2 is 1.43 bits per heavy atom. The first-order valence-corrected chi connectivity index (χ1v) is 8.37. The number of hydrogen-bond acceptors (Lipinski definition) is 0. The summed E-state index contributed by atoms with van der Waals surface area (Å²) in [7, 11) is 0. The van der Waals surface area contributed by atoms with Crippen molar-refractivity contribution in [1.82, 2.24) is 0 Å². The molecule has 0 aromatic heterocycles. The topological polar surface area (TPSA) is 0 Å². The van der Waals surface area contributed by atoms with Crippen LogP contribution in [0, 0.1) is 23.2 Å². The van der Waals surface area contributed by atoms with Crippen molar-refractivity contribution in [2.75, 3.05) is 0 Å². The van der Waals surface area contributed by atoms with Crippen LogP contribution in [-0.2, 0) is 0 Å². The van der Waals surface area contributed by atoms with Crippen LogP contribution >= 0.6 is 0 Å². The molecule has 0 spiro atoms. The molecule has 0 radical (unpaired) electrons. The van der Waals surface area contributed by atoms with Gasteiger partial charge in [0.2, 0.25) is 0 Å². The van der Waals surface area contributed by atoms with Crippen molar-refractivity contribution in [3.63, 3.8) is 0 Å². The third-order valence-electron chi connectivity index (χ3n) is 5.25. The van der Waals surface area contributed by atoms with E-state index in [-0.39, 0.29) is 0 Å². The highest BCUT2D eigenvalue weighted by molar-refractivity contribution is 5.80. The first-order chi connectivity index (χ1) is 9.88. The third kappa shape index (κ3) is 3.00. The zero-order valence-corrected chi connectivity index (χ0v) is 14.5. The molecule has 0 fully saturated rings. The maximum Gasteiger partial charge on any atom is -0.00314 e. The third-order valence-corrected chi connectivity index (χ3v) is 5.25. The molecule has 1 aromatic carbocycles. The van der Waals surface area contributed by atoms with Crippen molar-refractivity contribution in [2.24, 2.45) is 23.2 Å². The van der Waals surface area contributed by atoms with Crippen LogP contribution in [0.15, 0.2) is 48.1 Å². The van der Waals surface area contributed by atoms with Gasteiger partial charge in [-0.3, -0.25) is 0 Å². The van der Waals surface area contributed by atoms with Gasteiger partial charge in [-0.1, -0.05) is 84.0 Å². The number of hydrogen-bond donors (Lipinski definition) is 0. The molecule has 114 valence electrons. The van der Waals surface area contributed by atoms with Gasteiger partial charge in [-0.05, 0) is 46.3 Å². The Balaban J connectivity index is 2.50. The second-order valence-corrected chi connectivity index (χ2v) is 7.36. The van der Waals surface area contributed by atoms with Gasteiger partial charge >= 0.3 is 0 Å². The van der Waals surface area contributed by atoms with Gasteiger partial charge < -0.3 is 0 Å². The molecule has 0 heteroatoms. The van der Waals surface area contributed by atoms with E-state index in [1.54, 1.807) is 0 Å². The zero-order chi connectivity index (χ0) is 15.6. The van der Waals surface area contributed by atoms with Crippen molar-refractivity contribution >= 4 is 5.57 Å². The molecule has 0 heterocycles. The molecule has 1 aromatic rings. The molecule has 0 aliphatic heterocycles. The van der Waals surface area contributed by atoms with Crippen molar-refractivity contribution in [2.45, 2.75) is 48.0 Å². The maximum absolute atomic E-state index is 2.61. The number of allylic oxidation sites excluding steroid dienone is 4. The van der Waals surface area contributed by atoms with Gasteiger partial charge in [-0.15, -0.1) is 0 Å². The minimum atomic E-state index is 0.303. The fraction of sp³-hybridized carbons (Fsp3) is 0.524. The van der Waals surface area contributed by atoms with E-state index < -0.39 is 0 Å². The van der Waals surface area contributed by atoms with E-state index in [0.717, 1.165) is 6.42 Å². The normalized spacial score (nSPS) is 18.1. The molecule has 21 heavy (non-hydrogen) atoms. The summed E-state index contributed by atoms with van der Waals surface area (Å²) in [6.45, 7) is 14.1. The van der Waals surface area contributed by atoms with Gasteiger partial charge in [0, 0.05) is 0 Å². The van der Waals surface area contributed by atoms with Gasteiger partial charge in [-0.25, -0.2) is 0 Å². The number of rotatable bonds is 4. The second kappa shape index (κ2) is 6.22. The SMILES string of the molecule is CC(C)C1=CC(C(C)C)(C(C)C)CC=C1c1ccccc1.